The van der Waals surface area contributed by atoms with Crippen LogP contribution in [-0.2, 0) is 4.74 Å². The van der Waals surface area contributed by atoms with Crippen LogP contribution in [0.5, 0.6) is 0 Å². The van der Waals surface area contributed by atoms with Gasteiger partial charge in [0, 0.05) is 20.0 Å². The number of nitrogens with one attached hydrogen (secondary N) is 1. The predicted octanol–water partition coefficient (Wildman–Crippen LogP) is 2.68. The molecule has 0 radical (unpaired) electrons. The quantitative estimate of drug-likeness (QED) is 0.590. The van der Waals surface area contributed by atoms with E-state index in [1.807, 2.05) is 0 Å². The molecule has 0 saturated carbocycles. The van der Waals surface area contributed by atoms with Crippen molar-refractivity contribution in [2.45, 2.75) is 38.7 Å². The molecule has 1 unspecified atom stereocenters. The predicted molar refractivity (Wildman–Crippen MR) is 62.8 cm³/mol. The van der Waals surface area contributed by atoms with Gasteiger partial charge in [0.15, 0.2) is 0 Å². The number of alkyl carbamates (subject to hydrolysis) is 1. The summed E-state index contributed by atoms with van der Waals surface area (Å²) < 4.78 is 4.80. The number of carbonyl (C=O) groups excluding carboxylic acids is 1. The molecule has 0 aliphatic heterocycles. The lowest BCUT2D eigenvalue weighted by Crippen LogP contribution is -2.41. The third-order valence-electron chi connectivity index (χ3n) is 1.64. The maximum Gasteiger partial charge on any atom is 0.407 e. The molecule has 0 spiro atoms. The molecule has 0 aliphatic carbocycles. The summed E-state index contributed by atoms with van der Waals surface area (Å²) in [6.45, 7) is 8.93. The van der Waals surface area contributed by atoms with Crippen molar-refractivity contribution < 1.29 is 9.53 Å². The van der Waals surface area contributed by atoms with E-state index in [0.717, 1.165) is 6.04 Å². The van der Waals surface area contributed by atoms with Gasteiger partial charge in [0.25, 0.3) is 0 Å². The van der Waals surface area contributed by atoms with Gasteiger partial charge in [-0.2, -0.15) is 0 Å². The van der Waals surface area contributed by atoms with Crippen molar-refractivity contribution >= 4 is 25.8 Å². The fourth-order valence-corrected chi connectivity index (χ4v) is 3.32. The highest BCUT2D eigenvalue weighted by Crippen LogP contribution is 2.12. The first-order valence-electron chi connectivity index (χ1n) is 4.88. The lowest BCUT2D eigenvalue weighted by atomic mass is 10.4. The minimum Gasteiger partial charge on any atom is -0.450 e. The minimum absolute atomic E-state index is 0.0439. The maximum absolute atomic E-state index is 11.1. The third-order valence-corrected chi connectivity index (χ3v) is 3.73. The molecule has 0 fully saturated rings. The van der Waals surface area contributed by atoms with E-state index in [-0.39, 0.29) is 12.1 Å². The lowest BCUT2D eigenvalue weighted by molar-refractivity contribution is 0.149. The van der Waals surface area contributed by atoms with Crippen molar-refractivity contribution in [1.29, 1.82) is 0 Å². The summed E-state index contributed by atoms with van der Waals surface area (Å²) in [6, 6.07) is 1.03. The zero-order valence-corrected chi connectivity index (χ0v) is 11.1. The molecule has 1 N–H and O–H groups in total. The van der Waals surface area contributed by atoms with Crippen LogP contribution in [0.15, 0.2) is 0 Å². The average molecular weight is 238 g/mol. The monoisotopic (exact) mass is 237 g/mol. The fraction of sp³-hybridized carbons (Fsp3) is 0.889. The summed E-state index contributed by atoms with van der Waals surface area (Å²) in [7, 11) is -1.19. The van der Waals surface area contributed by atoms with Gasteiger partial charge in [-0.15, -0.1) is 11.6 Å². The fourth-order valence-electron chi connectivity index (χ4n) is 1.22. The summed E-state index contributed by atoms with van der Waals surface area (Å²) >= 11 is 5.77. The molecule has 0 aromatic heterocycles. The first kappa shape index (κ1) is 13.8. The molecular formula is C9H20ClNO2Si. The van der Waals surface area contributed by atoms with E-state index in [1.165, 1.54) is 0 Å². The summed E-state index contributed by atoms with van der Waals surface area (Å²) in [5.74, 6) is 0.448. The molecule has 5 heteroatoms. The van der Waals surface area contributed by atoms with Gasteiger partial charge in [-0.3, -0.25) is 0 Å². The molecule has 3 nitrogen and oxygen atoms in total. The van der Waals surface area contributed by atoms with Crippen LogP contribution in [0.25, 0.3) is 0 Å². The molecule has 0 aliphatic rings. The van der Waals surface area contributed by atoms with Crippen LogP contribution in [0.4, 0.5) is 4.79 Å². The van der Waals surface area contributed by atoms with E-state index in [2.05, 4.69) is 25.0 Å². The number of amides is 1. The molecule has 0 saturated heterocycles. The first-order chi connectivity index (χ1) is 6.39. The molecule has 1 atom stereocenters. The van der Waals surface area contributed by atoms with Crippen molar-refractivity contribution in [3.05, 3.63) is 0 Å². The summed E-state index contributed by atoms with van der Waals surface area (Å²) in [4.78, 5) is 11.1. The summed E-state index contributed by atoms with van der Waals surface area (Å²) in [5, 5.41) is 2.77. The molecule has 0 aromatic carbocycles. The van der Waals surface area contributed by atoms with Gasteiger partial charge in [-0.1, -0.05) is 19.6 Å². The SMILES string of the molecule is CCOC(=O)NC(CCl)C[Si](C)(C)C. The van der Waals surface area contributed by atoms with Crippen molar-refractivity contribution in [1.82, 2.24) is 5.32 Å². The van der Waals surface area contributed by atoms with Crippen molar-refractivity contribution in [2.75, 3.05) is 12.5 Å². The normalized spacial score (nSPS) is 13.5. The van der Waals surface area contributed by atoms with Crippen LogP contribution in [0, 0.1) is 0 Å². The zero-order valence-electron chi connectivity index (χ0n) is 9.39. The van der Waals surface area contributed by atoms with Gasteiger partial charge in [0.2, 0.25) is 0 Å². The second-order valence-electron chi connectivity index (χ2n) is 4.48. The Bertz CT molecular complexity index is 182. The van der Waals surface area contributed by atoms with Gasteiger partial charge in [-0.25, -0.2) is 4.79 Å². The number of carbonyl (C=O) groups is 1. The first-order valence-corrected chi connectivity index (χ1v) is 9.12. The molecular weight excluding hydrogens is 218 g/mol. The van der Waals surface area contributed by atoms with Crippen molar-refractivity contribution in [3.63, 3.8) is 0 Å². The number of halogens is 1. The largest absolute Gasteiger partial charge is 0.450 e. The number of alkyl halides is 1. The molecule has 1 amide bonds. The molecule has 0 bridgehead atoms. The van der Waals surface area contributed by atoms with Crippen LogP contribution in [-0.4, -0.2) is 32.7 Å². The Morgan fingerprint density at radius 1 is 1.50 bits per heavy atom. The molecule has 84 valence electrons. The highest BCUT2D eigenvalue weighted by Gasteiger charge is 2.21. The van der Waals surface area contributed by atoms with Gasteiger partial charge >= 0.3 is 6.09 Å². The lowest BCUT2D eigenvalue weighted by Gasteiger charge is -2.23. The van der Waals surface area contributed by atoms with E-state index < -0.39 is 8.07 Å². The molecule has 0 heterocycles. The molecule has 0 aromatic rings. The van der Waals surface area contributed by atoms with Gasteiger partial charge in [-0.05, 0) is 13.0 Å². The molecule has 0 rings (SSSR count). The Hall–Kier alpha value is -0.223. The Morgan fingerprint density at radius 2 is 2.07 bits per heavy atom. The van der Waals surface area contributed by atoms with E-state index in [1.54, 1.807) is 6.92 Å². The second-order valence-corrected chi connectivity index (χ2v) is 10.3. The third kappa shape index (κ3) is 7.21. The number of rotatable bonds is 5. The van der Waals surface area contributed by atoms with Crippen LogP contribution in [0.3, 0.4) is 0 Å². The Labute approximate surface area is 92.2 Å². The summed E-state index contributed by atoms with van der Waals surface area (Å²) in [6.07, 6.45) is -0.364. The maximum atomic E-state index is 11.1. The smallest absolute Gasteiger partial charge is 0.407 e. The van der Waals surface area contributed by atoms with Crippen molar-refractivity contribution in [3.8, 4) is 0 Å². The zero-order chi connectivity index (χ0) is 11.2. The van der Waals surface area contributed by atoms with Crippen LogP contribution >= 0.6 is 11.6 Å². The average Bonchev–Trinajstić information content (AvgIpc) is 2.01. The highest BCUT2D eigenvalue weighted by molar-refractivity contribution is 6.76. The second kappa shape index (κ2) is 6.30. The van der Waals surface area contributed by atoms with Crippen LogP contribution in [0.2, 0.25) is 25.7 Å². The van der Waals surface area contributed by atoms with Gasteiger partial charge in [0.1, 0.15) is 0 Å². The standard InChI is InChI=1S/C9H20ClNO2Si/c1-5-13-9(12)11-8(6-10)7-14(2,3)4/h8H,5-7H2,1-4H3,(H,11,12). The van der Waals surface area contributed by atoms with Gasteiger partial charge in [0.05, 0.1) is 6.61 Å². The summed E-state index contributed by atoms with van der Waals surface area (Å²) in [5.41, 5.74) is 0. The topological polar surface area (TPSA) is 38.3 Å². The number of ether oxygens (including phenoxy) is 1. The number of hydrogen-bond acceptors (Lipinski definition) is 2. The van der Waals surface area contributed by atoms with E-state index >= 15 is 0 Å². The Balaban J connectivity index is 3.97. The molecule has 14 heavy (non-hydrogen) atoms. The van der Waals surface area contributed by atoms with E-state index in [0.29, 0.717) is 12.5 Å². The number of hydrogen-bond donors (Lipinski definition) is 1. The van der Waals surface area contributed by atoms with Gasteiger partial charge < -0.3 is 10.1 Å². The van der Waals surface area contributed by atoms with Crippen molar-refractivity contribution in [2.24, 2.45) is 0 Å². The van der Waals surface area contributed by atoms with E-state index in [4.69, 9.17) is 16.3 Å². The van der Waals surface area contributed by atoms with Crippen LogP contribution < -0.4 is 5.32 Å². The van der Waals surface area contributed by atoms with Crippen LogP contribution in [0.1, 0.15) is 6.92 Å². The Kier molecular flexibility index (Phi) is 6.20. The highest BCUT2D eigenvalue weighted by atomic mass is 35.5. The minimum atomic E-state index is -1.19. The Morgan fingerprint density at radius 3 is 2.43 bits per heavy atom. The van der Waals surface area contributed by atoms with E-state index in [9.17, 15) is 4.79 Å².